The number of carbonyl (C=O) groups excluding carboxylic acids is 2. The summed E-state index contributed by atoms with van der Waals surface area (Å²) in [6.45, 7) is 3.14. The van der Waals surface area contributed by atoms with Gasteiger partial charge in [-0.3, -0.25) is 14.6 Å². The third-order valence-electron chi connectivity index (χ3n) is 5.38. The molecule has 0 unspecified atom stereocenters. The van der Waals surface area contributed by atoms with E-state index in [4.69, 9.17) is 11.6 Å². The lowest BCUT2D eigenvalue weighted by atomic mass is 9.88. The second kappa shape index (κ2) is 7.57. The minimum atomic E-state index is -0.645. The average molecular weight is 416 g/mol. The first-order valence-corrected chi connectivity index (χ1v) is 9.62. The number of aromatic hydroxyl groups is 1. The molecule has 0 bridgehead atoms. The summed E-state index contributed by atoms with van der Waals surface area (Å²) in [5.74, 6) is -1.98. The maximum Gasteiger partial charge on any atom is 0.223 e. The monoisotopic (exact) mass is 415 g/mol. The van der Waals surface area contributed by atoms with Crippen LogP contribution in [0.5, 0.6) is 5.75 Å². The second-order valence-corrected chi connectivity index (χ2v) is 7.62. The molecule has 8 heteroatoms. The largest absolute Gasteiger partial charge is 0.507 e. The van der Waals surface area contributed by atoms with Gasteiger partial charge in [0.15, 0.2) is 5.78 Å². The number of phenolic OH excluding ortho intramolecular Hbond substituents is 1. The zero-order valence-corrected chi connectivity index (χ0v) is 16.5. The van der Waals surface area contributed by atoms with E-state index in [1.54, 1.807) is 6.07 Å². The topological polar surface area (TPSA) is 73.7 Å². The Balaban J connectivity index is 1.65. The Morgan fingerprint density at radius 1 is 1.17 bits per heavy atom. The third-order valence-corrected chi connectivity index (χ3v) is 5.78. The first-order chi connectivity index (χ1) is 13.9. The number of carbonyl (C=O) groups is 2. The number of rotatable bonds is 3. The highest BCUT2D eigenvalue weighted by Crippen LogP contribution is 2.34. The number of anilines is 1. The van der Waals surface area contributed by atoms with Gasteiger partial charge in [-0.05, 0) is 25.2 Å². The zero-order chi connectivity index (χ0) is 20.7. The Labute approximate surface area is 172 Å². The number of ketones is 2. The van der Waals surface area contributed by atoms with Gasteiger partial charge in [0.05, 0.1) is 10.6 Å². The van der Waals surface area contributed by atoms with Crippen molar-refractivity contribution in [2.24, 2.45) is 0 Å². The Bertz CT molecular complexity index is 1020. The number of aromatic nitrogens is 1. The number of pyridine rings is 1. The van der Waals surface area contributed by atoms with Crippen LogP contribution in [0.2, 0.25) is 0 Å². The highest BCUT2D eigenvalue weighted by Gasteiger charge is 2.33. The van der Waals surface area contributed by atoms with E-state index in [-0.39, 0.29) is 39.6 Å². The number of hydrogen-bond donors (Lipinski definition) is 1. The summed E-state index contributed by atoms with van der Waals surface area (Å²) >= 11 is 6.13. The minimum absolute atomic E-state index is 0.0126. The molecule has 0 amide bonds. The van der Waals surface area contributed by atoms with Crippen LogP contribution in [0, 0.1) is 5.82 Å². The van der Waals surface area contributed by atoms with Crippen molar-refractivity contribution in [3.63, 3.8) is 0 Å². The summed E-state index contributed by atoms with van der Waals surface area (Å²) < 4.78 is 14.9. The van der Waals surface area contributed by atoms with Crippen LogP contribution < -0.4 is 4.90 Å². The van der Waals surface area contributed by atoms with E-state index >= 15 is 0 Å². The third kappa shape index (κ3) is 3.52. The average Bonchev–Trinajstić information content (AvgIpc) is 2.71. The van der Waals surface area contributed by atoms with E-state index < -0.39 is 17.4 Å². The van der Waals surface area contributed by atoms with Crippen molar-refractivity contribution in [3.8, 4) is 5.75 Å². The number of nitrogens with zero attached hydrogens (tertiary/aromatic N) is 3. The molecule has 29 heavy (non-hydrogen) atoms. The highest BCUT2D eigenvalue weighted by molar-refractivity contribution is 6.49. The molecule has 1 aromatic heterocycles. The lowest BCUT2D eigenvalue weighted by Gasteiger charge is -2.34. The van der Waals surface area contributed by atoms with Crippen LogP contribution in [0.1, 0.15) is 26.4 Å². The Morgan fingerprint density at radius 3 is 2.59 bits per heavy atom. The second-order valence-electron chi connectivity index (χ2n) is 7.24. The molecule has 1 aromatic carbocycles. The summed E-state index contributed by atoms with van der Waals surface area (Å²) in [6.07, 6.45) is 1.13. The lowest BCUT2D eigenvalue weighted by molar-refractivity contribution is 0.0975. The molecular weight excluding hydrogens is 397 g/mol. The standard InChI is InChI=1S/C21H19ClFN3O3/c1-25-5-7-26(8-6-25)12-9-16(23)14(17(27)10-12)11-15-18(22)21(29)19-13(20(15)28)3-2-4-24-19/h2-4,9-10,27H,5-8,11H2,1H3. The van der Waals surface area contributed by atoms with Crippen molar-refractivity contribution >= 4 is 28.9 Å². The van der Waals surface area contributed by atoms with Gasteiger partial charge in [0, 0.05) is 61.7 Å². The number of phenols is 1. The molecule has 1 aliphatic heterocycles. The number of Topliss-reactive ketones (excluding diaryl/α,β-unsaturated/α-hetero) is 2. The van der Waals surface area contributed by atoms with Crippen LogP contribution >= 0.6 is 11.6 Å². The Morgan fingerprint density at radius 2 is 1.90 bits per heavy atom. The fourth-order valence-electron chi connectivity index (χ4n) is 3.64. The molecule has 0 saturated carbocycles. The van der Waals surface area contributed by atoms with Gasteiger partial charge < -0.3 is 14.9 Å². The Hall–Kier alpha value is -2.77. The van der Waals surface area contributed by atoms with Gasteiger partial charge in [-0.2, -0.15) is 0 Å². The van der Waals surface area contributed by atoms with Crippen molar-refractivity contribution in [3.05, 3.63) is 63.7 Å². The maximum atomic E-state index is 14.9. The van der Waals surface area contributed by atoms with E-state index in [0.717, 1.165) is 26.2 Å². The normalized spacial score (nSPS) is 17.7. The number of likely N-dealkylation sites (N-methyl/N-ethyl adjacent to an activating group) is 1. The molecule has 0 radical (unpaired) electrons. The van der Waals surface area contributed by atoms with Gasteiger partial charge in [0.25, 0.3) is 0 Å². The number of piperazine rings is 1. The maximum absolute atomic E-state index is 14.9. The van der Waals surface area contributed by atoms with Crippen molar-refractivity contribution in [1.29, 1.82) is 0 Å². The van der Waals surface area contributed by atoms with E-state index in [1.165, 1.54) is 24.4 Å². The van der Waals surface area contributed by atoms with Gasteiger partial charge >= 0.3 is 0 Å². The quantitative estimate of drug-likeness (QED) is 0.831. The Kier molecular flexibility index (Phi) is 5.10. The van der Waals surface area contributed by atoms with Crippen LogP contribution in [0.3, 0.4) is 0 Å². The van der Waals surface area contributed by atoms with Gasteiger partial charge in [0.1, 0.15) is 17.3 Å². The summed E-state index contributed by atoms with van der Waals surface area (Å²) in [5, 5.41) is 10.2. The molecular formula is C21H19ClFN3O3. The van der Waals surface area contributed by atoms with Gasteiger partial charge in [0.2, 0.25) is 5.78 Å². The van der Waals surface area contributed by atoms with Crippen molar-refractivity contribution < 1.29 is 19.1 Å². The van der Waals surface area contributed by atoms with Crippen molar-refractivity contribution in [2.45, 2.75) is 6.42 Å². The summed E-state index contributed by atoms with van der Waals surface area (Å²) in [5.41, 5.74) is 0.591. The molecule has 150 valence electrons. The molecule has 1 aliphatic carbocycles. The fourth-order valence-corrected chi connectivity index (χ4v) is 3.88. The summed E-state index contributed by atoms with van der Waals surface area (Å²) in [7, 11) is 2.02. The SMILES string of the molecule is CN1CCN(c2cc(O)c(CC3=C(Cl)C(=O)c4ncccc4C3=O)c(F)c2)CC1. The number of fused-ring (bicyclic) bond motifs is 1. The van der Waals surface area contributed by atoms with Gasteiger partial charge in [-0.25, -0.2) is 4.39 Å². The molecule has 4 rings (SSSR count). The highest BCUT2D eigenvalue weighted by atomic mass is 35.5. The fraction of sp³-hybridized carbons (Fsp3) is 0.286. The van der Waals surface area contributed by atoms with E-state index in [9.17, 15) is 19.1 Å². The molecule has 6 nitrogen and oxygen atoms in total. The molecule has 1 saturated heterocycles. The number of allylic oxidation sites excluding steroid dienone is 2. The van der Waals surface area contributed by atoms with Gasteiger partial charge in [-0.1, -0.05) is 11.6 Å². The first-order valence-electron chi connectivity index (χ1n) is 9.24. The molecule has 0 atom stereocenters. The molecule has 2 aliphatic rings. The molecule has 0 spiro atoms. The molecule has 2 heterocycles. The van der Waals surface area contributed by atoms with E-state index in [2.05, 4.69) is 9.88 Å². The molecule has 2 aromatic rings. The molecule has 1 fully saturated rings. The van der Waals surface area contributed by atoms with Gasteiger partial charge in [-0.15, -0.1) is 0 Å². The van der Waals surface area contributed by atoms with Crippen LogP contribution in [-0.4, -0.2) is 59.8 Å². The van der Waals surface area contributed by atoms with Crippen LogP contribution in [-0.2, 0) is 6.42 Å². The van der Waals surface area contributed by atoms with E-state index in [0.29, 0.717) is 5.69 Å². The number of hydrogen-bond acceptors (Lipinski definition) is 6. The molecule has 1 N–H and O–H groups in total. The van der Waals surface area contributed by atoms with Crippen molar-refractivity contribution in [2.75, 3.05) is 38.1 Å². The minimum Gasteiger partial charge on any atom is -0.507 e. The number of benzene rings is 1. The van der Waals surface area contributed by atoms with E-state index in [1.807, 2.05) is 11.9 Å². The van der Waals surface area contributed by atoms with Crippen LogP contribution in [0.15, 0.2) is 41.1 Å². The lowest BCUT2D eigenvalue weighted by Crippen LogP contribution is -2.44. The van der Waals surface area contributed by atoms with Crippen LogP contribution in [0.4, 0.5) is 10.1 Å². The zero-order valence-electron chi connectivity index (χ0n) is 15.8. The predicted octanol–water partition coefficient (Wildman–Crippen LogP) is 2.79. The number of halogens is 2. The smallest absolute Gasteiger partial charge is 0.223 e. The summed E-state index contributed by atoms with van der Waals surface area (Å²) in [4.78, 5) is 33.3. The van der Waals surface area contributed by atoms with Crippen molar-refractivity contribution in [1.82, 2.24) is 9.88 Å². The predicted molar refractivity (Wildman–Crippen MR) is 107 cm³/mol. The first kappa shape index (κ1) is 19.5. The summed E-state index contributed by atoms with van der Waals surface area (Å²) in [6, 6.07) is 5.87. The van der Waals surface area contributed by atoms with Crippen LogP contribution in [0.25, 0.3) is 0 Å².